The fourth-order valence-corrected chi connectivity index (χ4v) is 6.60. The van der Waals surface area contributed by atoms with Gasteiger partial charge in [-0.1, -0.05) is 77.1 Å². The molecule has 2 heterocycles. The standard InChI is InChI=1S/C36H57N5O6S/c1-26-32(48-25-39-26)28-15-13-27(14-16-28)23-38-34(44)30-22-29(42)24-41(30)35(45)33(36(2,3)4)40-31(43)12-10-8-6-5-7-9-11-18-46-20-21-47-19-17-37/h13-16,25,29-30,33,42H,5-12,17-24,37H2,1-4H3,(H,38,44)(H,40,43)/t29?,30-,33+/m0/s1. The van der Waals surface area contributed by atoms with E-state index in [1.807, 2.05) is 57.5 Å². The van der Waals surface area contributed by atoms with Crippen molar-refractivity contribution in [3.63, 3.8) is 0 Å². The molecule has 3 rings (SSSR count). The molecule has 11 nitrogen and oxygen atoms in total. The van der Waals surface area contributed by atoms with Crippen LogP contribution in [0.25, 0.3) is 10.4 Å². The number of nitrogens with two attached hydrogens (primary N) is 1. The normalized spacial score (nSPS) is 17.0. The second-order valence-corrected chi connectivity index (χ2v) is 14.5. The Labute approximate surface area is 290 Å². The van der Waals surface area contributed by atoms with Crippen LogP contribution in [0.3, 0.4) is 0 Å². The molecule has 1 aromatic carbocycles. The van der Waals surface area contributed by atoms with Gasteiger partial charge in [-0.05, 0) is 36.3 Å². The number of benzene rings is 1. The van der Waals surface area contributed by atoms with Crippen LogP contribution in [-0.2, 0) is 30.4 Å². The zero-order chi connectivity index (χ0) is 34.9. The van der Waals surface area contributed by atoms with Gasteiger partial charge < -0.3 is 35.8 Å². The smallest absolute Gasteiger partial charge is 0.246 e. The minimum atomic E-state index is -0.817. The third kappa shape index (κ3) is 13.2. The lowest BCUT2D eigenvalue weighted by Gasteiger charge is -2.35. The maximum absolute atomic E-state index is 13.8. The number of aliphatic hydroxyl groups excluding tert-OH is 1. The molecule has 1 aromatic heterocycles. The third-order valence-electron chi connectivity index (χ3n) is 8.54. The summed E-state index contributed by atoms with van der Waals surface area (Å²) < 4.78 is 10.8. The molecule has 0 radical (unpaired) electrons. The molecule has 48 heavy (non-hydrogen) atoms. The molecular weight excluding hydrogens is 630 g/mol. The number of hydrogen-bond acceptors (Lipinski definition) is 9. The number of amides is 3. The van der Waals surface area contributed by atoms with Crippen molar-refractivity contribution in [2.75, 3.05) is 39.5 Å². The molecule has 3 amide bonds. The van der Waals surface area contributed by atoms with Gasteiger partial charge in [-0.15, -0.1) is 11.3 Å². The maximum atomic E-state index is 13.8. The van der Waals surface area contributed by atoms with E-state index in [0.29, 0.717) is 39.3 Å². The summed E-state index contributed by atoms with van der Waals surface area (Å²) in [6.45, 7) is 11.0. The number of aromatic nitrogens is 1. The molecule has 1 fully saturated rings. The van der Waals surface area contributed by atoms with Crippen LogP contribution < -0.4 is 16.4 Å². The molecule has 1 aliphatic heterocycles. The average Bonchev–Trinajstić information content (AvgIpc) is 3.67. The number of rotatable bonds is 21. The summed E-state index contributed by atoms with van der Waals surface area (Å²) in [5.41, 5.74) is 9.61. The van der Waals surface area contributed by atoms with Crippen LogP contribution in [0.5, 0.6) is 0 Å². The predicted octanol–water partition coefficient (Wildman–Crippen LogP) is 4.34. The number of β-amino-alcohol motifs (C(OH)–C–C–N with tert-alkyl or cyclic N) is 1. The molecule has 1 saturated heterocycles. The Hall–Kier alpha value is -2.90. The summed E-state index contributed by atoms with van der Waals surface area (Å²) in [7, 11) is 0. The molecule has 0 aliphatic carbocycles. The second kappa shape index (κ2) is 20.6. The zero-order valence-electron chi connectivity index (χ0n) is 29.3. The number of ether oxygens (including phenoxy) is 2. The first kappa shape index (κ1) is 39.5. The lowest BCUT2D eigenvalue weighted by Crippen LogP contribution is -2.57. The maximum Gasteiger partial charge on any atom is 0.246 e. The molecular formula is C36H57N5O6S. The molecule has 0 saturated carbocycles. The van der Waals surface area contributed by atoms with Gasteiger partial charge in [-0.25, -0.2) is 4.98 Å². The highest BCUT2D eigenvalue weighted by molar-refractivity contribution is 7.13. The molecule has 2 aromatic rings. The third-order valence-corrected chi connectivity index (χ3v) is 9.52. The second-order valence-electron chi connectivity index (χ2n) is 13.7. The molecule has 1 unspecified atom stereocenters. The van der Waals surface area contributed by atoms with Crippen LogP contribution in [0.4, 0.5) is 0 Å². The number of nitrogens with zero attached hydrogens (tertiary/aromatic N) is 2. The monoisotopic (exact) mass is 687 g/mol. The lowest BCUT2D eigenvalue weighted by atomic mass is 9.85. The fraction of sp³-hybridized carbons (Fsp3) is 0.667. The molecule has 1 aliphatic rings. The van der Waals surface area contributed by atoms with Crippen LogP contribution in [0.15, 0.2) is 29.8 Å². The van der Waals surface area contributed by atoms with Gasteiger partial charge in [0.25, 0.3) is 0 Å². The van der Waals surface area contributed by atoms with E-state index in [1.165, 1.54) is 4.90 Å². The van der Waals surface area contributed by atoms with Crippen molar-refractivity contribution in [1.82, 2.24) is 20.5 Å². The SMILES string of the molecule is Cc1ncsc1-c1ccc(CNC(=O)[C@@H]2CC(O)CN2C(=O)[C@@H](NC(=O)CCCCCCCCCOCCOCCN)C(C)(C)C)cc1. The largest absolute Gasteiger partial charge is 0.391 e. The minimum absolute atomic E-state index is 0.0532. The first-order valence-corrected chi connectivity index (χ1v) is 18.3. The number of aliphatic hydroxyl groups is 1. The summed E-state index contributed by atoms with van der Waals surface area (Å²) in [4.78, 5) is 47.0. The van der Waals surface area contributed by atoms with Gasteiger partial charge in [0.1, 0.15) is 12.1 Å². The van der Waals surface area contributed by atoms with Crippen LogP contribution in [0.2, 0.25) is 0 Å². The molecule has 5 N–H and O–H groups in total. The summed E-state index contributed by atoms with van der Waals surface area (Å²) >= 11 is 1.59. The Bertz CT molecular complexity index is 1260. The number of nitrogens with one attached hydrogen (secondary N) is 2. The Kier molecular flexibility index (Phi) is 16.9. The van der Waals surface area contributed by atoms with Crippen LogP contribution in [-0.4, -0.2) is 90.4 Å². The van der Waals surface area contributed by atoms with Gasteiger partial charge in [0, 0.05) is 39.1 Å². The van der Waals surface area contributed by atoms with Gasteiger partial charge in [0.15, 0.2) is 0 Å². The number of carbonyl (C=O) groups is 3. The van der Waals surface area contributed by atoms with Crippen molar-refractivity contribution < 1.29 is 29.0 Å². The first-order valence-electron chi connectivity index (χ1n) is 17.4. The number of likely N-dealkylation sites (tertiary alicyclic amines) is 1. The highest BCUT2D eigenvalue weighted by atomic mass is 32.1. The van der Waals surface area contributed by atoms with Gasteiger partial charge in [-0.3, -0.25) is 14.4 Å². The van der Waals surface area contributed by atoms with E-state index >= 15 is 0 Å². The van der Waals surface area contributed by atoms with Crippen LogP contribution in [0.1, 0.15) is 89.8 Å². The number of unbranched alkanes of at least 4 members (excludes halogenated alkanes) is 6. The highest BCUT2D eigenvalue weighted by Crippen LogP contribution is 2.28. The van der Waals surface area contributed by atoms with Crippen molar-refractivity contribution in [2.24, 2.45) is 11.1 Å². The van der Waals surface area contributed by atoms with Gasteiger partial charge >= 0.3 is 0 Å². The van der Waals surface area contributed by atoms with Crippen LogP contribution >= 0.6 is 11.3 Å². The predicted molar refractivity (Wildman–Crippen MR) is 189 cm³/mol. The number of thiazole rings is 1. The van der Waals surface area contributed by atoms with Crippen LogP contribution in [0, 0.1) is 12.3 Å². The number of carbonyl (C=O) groups excluding carboxylic acids is 3. The quantitative estimate of drug-likeness (QED) is 0.141. The van der Waals surface area contributed by atoms with Crippen molar-refractivity contribution >= 4 is 29.1 Å². The fourth-order valence-electron chi connectivity index (χ4n) is 5.79. The number of aryl methyl sites for hydroxylation is 1. The van der Waals surface area contributed by atoms with Gasteiger partial charge in [0.05, 0.1) is 42.0 Å². The van der Waals surface area contributed by atoms with E-state index in [9.17, 15) is 19.5 Å². The van der Waals surface area contributed by atoms with E-state index < -0.39 is 23.6 Å². The van der Waals surface area contributed by atoms with E-state index in [1.54, 1.807) is 11.3 Å². The van der Waals surface area contributed by atoms with E-state index in [4.69, 9.17) is 15.2 Å². The Morgan fingerprint density at radius 1 is 1.00 bits per heavy atom. The topological polar surface area (TPSA) is 156 Å². The molecule has 0 spiro atoms. The number of hydrogen-bond donors (Lipinski definition) is 4. The van der Waals surface area contributed by atoms with Crippen molar-refractivity contribution in [3.8, 4) is 10.4 Å². The molecule has 0 bridgehead atoms. The van der Waals surface area contributed by atoms with Gasteiger partial charge in [-0.2, -0.15) is 0 Å². The highest BCUT2D eigenvalue weighted by Gasteiger charge is 2.44. The first-order chi connectivity index (χ1) is 23.0. The summed E-state index contributed by atoms with van der Waals surface area (Å²) in [5, 5.41) is 16.4. The van der Waals surface area contributed by atoms with Gasteiger partial charge in [0.2, 0.25) is 17.7 Å². The molecule has 3 atom stereocenters. The Morgan fingerprint density at radius 3 is 2.27 bits per heavy atom. The van der Waals surface area contributed by atoms with E-state index in [-0.39, 0.29) is 30.7 Å². The molecule has 12 heteroatoms. The summed E-state index contributed by atoms with van der Waals surface area (Å²) in [5.74, 6) is -0.834. The van der Waals surface area contributed by atoms with E-state index in [0.717, 1.165) is 73.3 Å². The van der Waals surface area contributed by atoms with Crippen molar-refractivity contribution in [3.05, 3.63) is 41.0 Å². The van der Waals surface area contributed by atoms with E-state index in [2.05, 4.69) is 15.6 Å². The average molecular weight is 688 g/mol. The lowest BCUT2D eigenvalue weighted by molar-refractivity contribution is -0.144. The summed E-state index contributed by atoms with van der Waals surface area (Å²) in [6, 6.07) is 6.33. The van der Waals surface area contributed by atoms with Crippen molar-refractivity contribution in [1.29, 1.82) is 0 Å². The summed E-state index contributed by atoms with van der Waals surface area (Å²) in [6.07, 6.45) is 6.84. The Balaban J connectivity index is 1.40. The van der Waals surface area contributed by atoms with Crippen molar-refractivity contribution in [2.45, 2.75) is 110 Å². The molecule has 268 valence electrons. The zero-order valence-corrected chi connectivity index (χ0v) is 30.1. The minimum Gasteiger partial charge on any atom is -0.391 e. The Morgan fingerprint density at radius 2 is 1.65 bits per heavy atom.